The summed E-state index contributed by atoms with van der Waals surface area (Å²) >= 11 is 0. The van der Waals surface area contributed by atoms with Crippen LogP contribution in [0.3, 0.4) is 0 Å². The molecule has 1 N–H and O–H groups in total. The Labute approximate surface area is 174 Å². The lowest BCUT2D eigenvalue weighted by Crippen LogP contribution is -2.49. The summed E-state index contributed by atoms with van der Waals surface area (Å²) in [5.41, 5.74) is 1.60. The summed E-state index contributed by atoms with van der Waals surface area (Å²) in [7, 11) is 0. The number of carbonyl (C=O) groups is 4. The number of hydrogen-bond donors (Lipinski definition) is 1. The Morgan fingerprint density at radius 2 is 1.70 bits per heavy atom. The van der Waals surface area contributed by atoms with Crippen molar-refractivity contribution in [2.75, 3.05) is 16.8 Å². The lowest BCUT2D eigenvalue weighted by Gasteiger charge is -2.34. The number of nitrogens with one attached hydrogen (secondary N) is 1. The van der Waals surface area contributed by atoms with Crippen LogP contribution in [-0.4, -0.2) is 41.1 Å². The molecular formula is C23H23N3O4. The number of imide groups is 1. The predicted molar refractivity (Wildman–Crippen MR) is 112 cm³/mol. The molecule has 1 atom stereocenters. The van der Waals surface area contributed by atoms with Gasteiger partial charge in [-0.3, -0.25) is 19.2 Å². The van der Waals surface area contributed by atoms with Crippen LogP contribution >= 0.6 is 0 Å². The molecule has 1 fully saturated rings. The van der Waals surface area contributed by atoms with E-state index in [0.717, 1.165) is 17.7 Å². The van der Waals surface area contributed by atoms with Gasteiger partial charge in [-0.2, -0.15) is 0 Å². The van der Waals surface area contributed by atoms with Crippen LogP contribution in [0.15, 0.2) is 48.5 Å². The Kier molecular flexibility index (Phi) is 5.35. The van der Waals surface area contributed by atoms with Gasteiger partial charge in [-0.25, -0.2) is 4.90 Å². The molecular weight excluding hydrogens is 382 g/mol. The molecule has 7 nitrogen and oxygen atoms in total. The number of benzene rings is 2. The van der Waals surface area contributed by atoms with Gasteiger partial charge in [-0.05, 0) is 49.6 Å². The van der Waals surface area contributed by atoms with Crippen LogP contribution in [0.1, 0.15) is 53.3 Å². The maximum atomic E-state index is 12.9. The maximum Gasteiger partial charge on any atom is 0.266 e. The summed E-state index contributed by atoms with van der Waals surface area (Å²) in [6, 6.07) is 12.8. The van der Waals surface area contributed by atoms with Gasteiger partial charge in [0.05, 0.1) is 16.8 Å². The van der Waals surface area contributed by atoms with Crippen molar-refractivity contribution in [2.24, 2.45) is 0 Å². The first-order valence-corrected chi connectivity index (χ1v) is 10.2. The third-order valence-electron chi connectivity index (χ3n) is 5.59. The van der Waals surface area contributed by atoms with Gasteiger partial charge in [0.15, 0.2) is 0 Å². The standard InChI is InChI=1S/C23H23N3O4/c1-2-20(27)25-13-6-5-12-19(25)21(28)24-15-8-7-9-16(14-15)26-22(29)17-10-3-4-11-18(17)23(26)30/h3-4,7-11,14,19H,2,5-6,12-13H2,1H3,(H,24,28). The van der Waals surface area contributed by atoms with E-state index in [4.69, 9.17) is 0 Å². The second-order valence-electron chi connectivity index (χ2n) is 7.48. The van der Waals surface area contributed by atoms with E-state index in [1.807, 2.05) is 0 Å². The Balaban J connectivity index is 1.54. The van der Waals surface area contributed by atoms with Gasteiger partial charge < -0.3 is 10.2 Å². The molecule has 154 valence electrons. The summed E-state index contributed by atoms with van der Waals surface area (Å²) in [6.07, 6.45) is 2.76. The zero-order valence-electron chi connectivity index (χ0n) is 16.8. The highest BCUT2D eigenvalue weighted by atomic mass is 16.2. The number of anilines is 2. The van der Waals surface area contributed by atoms with Gasteiger partial charge >= 0.3 is 0 Å². The number of nitrogens with zero attached hydrogens (tertiary/aromatic N) is 2. The van der Waals surface area contributed by atoms with Crippen LogP contribution in [0.4, 0.5) is 11.4 Å². The van der Waals surface area contributed by atoms with E-state index in [1.54, 1.807) is 60.4 Å². The van der Waals surface area contributed by atoms with Gasteiger partial charge in [-0.15, -0.1) is 0 Å². The first-order valence-electron chi connectivity index (χ1n) is 10.2. The highest BCUT2D eigenvalue weighted by Crippen LogP contribution is 2.30. The Morgan fingerprint density at radius 3 is 2.37 bits per heavy atom. The van der Waals surface area contributed by atoms with Crippen molar-refractivity contribution in [2.45, 2.75) is 38.6 Å². The molecule has 1 unspecified atom stereocenters. The molecule has 1 saturated heterocycles. The van der Waals surface area contributed by atoms with E-state index < -0.39 is 6.04 Å². The second-order valence-corrected chi connectivity index (χ2v) is 7.48. The van der Waals surface area contributed by atoms with Gasteiger partial charge in [0.25, 0.3) is 11.8 Å². The van der Waals surface area contributed by atoms with E-state index in [2.05, 4.69) is 5.32 Å². The Morgan fingerprint density at radius 1 is 1.00 bits per heavy atom. The maximum absolute atomic E-state index is 12.9. The van der Waals surface area contributed by atoms with Crippen LogP contribution in [0, 0.1) is 0 Å². The number of carbonyl (C=O) groups excluding carboxylic acids is 4. The van der Waals surface area contributed by atoms with Crippen molar-refractivity contribution in [3.63, 3.8) is 0 Å². The van der Waals surface area contributed by atoms with E-state index in [1.165, 1.54) is 0 Å². The number of rotatable bonds is 4. The number of fused-ring (bicyclic) bond motifs is 1. The van der Waals surface area contributed by atoms with Crippen LogP contribution in [-0.2, 0) is 9.59 Å². The van der Waals surface area contributed by atoms with Crippen LogP contribution in [0.25, 0.3) is 0 Å². The molecule has 0 radical (unpaired) electrons. The Bertz CT molecular complexity index is 998. The lowest BCUT2D eigenvalue weighted by atomic mass is 10.0. The minimum atomic E-state index is -0.505. The van der Waals surface area contributed by atoms with Crippen molar-refractivity contribution >= 4 is 35.0 Å². The van der Waals surface area contributed by atoms with Crippen molar-refractivity contribution in [1.29, 1.82) is 0 Å². The number of hydrogen-bond acceptors (Lipinski definition) is 4. The summed E-state index contributed by atoms with van der Waals surface area (Å²) in [5, 5.41) is 2.85. The smallest absolute Gasteiger partial charge is 0.266 e. The van der Waals surface area contributed by atoms with Gasteiger partial charge in [0, 0.05) is 18.7 Å². The van der Waals surface area contributed by atoms with E-state index in [-0.39, 0.29) is 23.6 Å². The molecule has 0 bridgehead atoms. The fourth-order valence-corrected chi connectivity index (χ4v) is 4.08. The average molecular weight is 405 g/mol. The molecule has 7 heteroatoms. The van der Waals surface area contributed by atoms with Crippen molar-refractivity contribution in [3.05, 3.63) is 59.7 Å². The molecule has 2 aromatic rings. The fourth-order valence-electron chi connectivity index (χ4n) is 4.08. The van der Waals surface area contributed by atoms with Crippen LogP contribution in [0.5, 0.6) is 0 Å². The van der Waals surface area contributed by atoms with Crippen LogP contribution < -0.4 is 10.2 Å². The van der Waals surface area contributed by atoms with E-state index >= 15 is 0 Å². The van der Waals surface area contributed by atoms with Crippen molar-refractivity contribution in [3.8, 4) is 0 Å². The largest absolute Gasteiger partial charge is 0.331 e. The number of piperidine rings is 1. The summed E-state index contributed by atoms with van der Waals surface area (Å²) in [6.45, 7) is 2.37. The molecule has 30 heavy (non-hydrogen) atoms. The number of likely N-dealkylation sites (tertiary alicyclic amines) is 1. The first kappa shape index (κ1) is 19.8. The third-order valence-corrected chi connectivity index (χ3v) is 5.59. The normalized spacial score (nSPS) is 18.4. The monoisotopic (exact) mass is 405 g/mol. The summed E-state index contributed by atoms with van der Waals surface area (Å²) in [5.74, 6) is -1.05. The second kappa shape index (κ2) is 8.10. The molecule has 0 aromatic heterocycles. The molecule has 0 spiro atoms. The van der Waals surface area contributed by atoms with Gasteiger partial charge in [0.1, 0.15) is 6.04 Å². The topological polar surface area (TPSA) is 86.8 Å². The molecule has 2 heterocycles. The molecule has 4 amide bonds. The molecule has 0 aliphatic carbocycles. The third kappa shape index (κ3) is 3.47. The Hall–Kier alpha value is -3.48. The molecule has 2 aliphatic heterocycles. The van der Waals surface area contributed by atoms with Crippen molar-refractivity contribution in [1.82, 2.24) is 4.90 Å². The molecule has 2 aliphatic rings. The number of amides is 4. The first-order chi connectivity index (χ1) is 14.5. The molecule has 0 saturated carbocycles. The zero-order valence-corrected chi connectivity index (χ0v) is 16.8. The van der Waals surface area contributed by atoms with Gasteiger partial charge in [0.2, 0.25) is 11.8 Å². The highest BCUT2D eigenvalue weighted by Gasteiger charge is 2.36. The zero-order chi connectivity index (χ0) is 21.3. The van der Waals surface area contributed by atoms with E-state index in [0.29, 0.717) is 41.9 Å². The van der Waals surface area contributed by atoms with Crippen molar-refractivity contribution < 1.29 is 19.2 Å². The average Bonchev–Trinajstić information content (AvgIpc) is 3.03. The summed E-state index contributed by atoms with van der Waals surface area (Å²) in [4.78, 5) is 53.3. The summed E-state index contributed by atoms with van der Waals surface area (Å²) < 4.78 is 0. The van der Waals surface area contributed by atoms with Crippen LogP contribution in [0.2, 0.25) is 0 Å². The molecule has 4 rings (SSSR count). The minimum absolute atomic E-state index is 0.0328. The fraction of sp³-hybridized carbons (Fsp3) is 0.304. The van der Waals surface area contributed by atoms with Gasteiger partial charge in [-0.1, -0.05) is 25.1 Å². The van der Waals surface area contributed by atoms with E-state index in [9.17, 15) is 19.2 Å². The lowest BCUT2D eigenvalue weighted by molar-refractivity contribution is -0.140. The molecule has 2 aromatic carbocycles. The quantitative estimate of drug-likeness (QED) is 0.792. The predicted octanol–water partition coefficient (Wildman–Crippen LogP) is 3.22. The highest BCUT2D eigenvalue weighted by molar-refractivity contribution is 6.34. The minimum Gasteiger partial charge on any atom is -0.331 e. The SMILES string of the molecule is CCC(=O)N1CCCCC1C(=O)Nc1cccc(N2C(=O)c3ccccc3C2=O)c1.